The van der Waals surface area contributed by atoms with Crippen LogP contribution in [0.15, 0.2) is 0 Å². The molecule has 1 aliphatic carbocycles. The summed E-state index contributed by atoms with van der Waals surface area (Å²) in [5.74, 6) is 0.180. The van der Waals surface area contributed by atoms with E-state index in [2.05, 4.69) is 4.98 Å². The van der Waals surface area contributed by atoms with Crippen molar-refractivity contribution in [2.24, 2.45) is 5.41 Å². The quantitative estimate of drug-likeness (QED) is 0.797. The lowest BCUT2D eigenvalue weighted by atomic mass is 10.1. The lowest BCUT2D eigenvalue weighted by Gasteiger charge is -2.01. The number of aliphatic hydroxyl groups excluding tert-OH is 1. The summed E-state index contributed by atoms with van der Waals surface area (Å²) in [4.78, 5) is 17.3. The van der Waals surface area contributed by atoms with Crippen molar-refractivity contribution in [2.45, 2.75) is 33.1 Å². The number of ketones is 1. The molecule has 0 amide bonds. The second-order valence-corrected chi connectivity index (χ2v) is 5.47. The molecule has 15 heavy (non-hydrogen) atoms. The minimum atomic E-state index is -0.138. The normalized spacial score (nSPS) is 17.8. The second-order valence-electron chi connectivity index (χ2n) is 4.39. The SMILES string of the molecule is Cc1nc(C(=O)C2(C)CC2)sc1CCO. The number of carbonyl (C=O) groups is 1. The van der Waals surface area contributed by atoms with E-state index in [1.54, 1.807) is 0 Å². The third-order valence-corrected chi connectivity index (χ3v) is 4.19. The first-order valence-corrected chi connectivity index (χ1v) is 6.00. The van der Waals surface area contributed by atoms with Crippen LogP contribution in [0.1, 0.15) is 40.1 Å². The molecule has 2 rings (SSSR count). The standard InChI is InChI=1S/C11H15NO2S/c1-7-8(3-6-13)15-10(12-7)9(14)11(2)4-5-11/h13H,3-6H2,1-2H3. The maximum absolute atomic E-state index is 12.0. The summed E-state index contributed by atoms with van der Waals surface area (Å²) < 4.78 is 0. The Bertz CT molecular complexity index is 393. The van der Waals surface area contributed by atoms with Crippen LogP contribution >= 0.6 is 11.3 Å². The fourth-order valence-electron chi connectivity index (χ4n) is 1.53. The van der Waals surface area contributed by atoms with Crippen LogP contribution in [0.3, 0.4) is 0 Å². The van der Waals surface area contributed by atoms with Crippen molar-refractivity contribution in [3.05, 3.63) is 15.6 Å². The Hall–Kier alpha value is -0.740. The van der Waals surface area contributed by atoms with Gasteiger partial charge in [0.1, 0.15) is 0 Å². The van der Waals surface area contributed by atoms with Gasteiger partial charge < -0.3 is 5.11 Å². The number of carbonyl (C=O) groups excluding carboxylic acids is 1. The van der Waals surface area contributed by atoms with E-state index in [0.717, 1.165) is 23.4 Å². The maximum Gasteiger partial charge on any atom is 0.197 e. The molecular weight excluding hydrogens is 210 g/mol. The Balaban J connectivity index is 2.22. The number of thiazole rings is 1. The lowest BCUT2D eigenvalue weighted by molar-refractivity contribution is 0.0912. The summed E-state index contributed by atoms with van der Waals surface area (Å²) in [5.41, 5.74) is 0.752. The third-order valence-electron chi connectivity index (χ3n) is 2.97. The van der Waals surface area contributed by atoms with Crippen molar-refractivity contribution in [3.63, 3.8) is 0 Å². The van der Waals surface area contributed by atoms with Crippen molar-refractivity contribution >= 4 is 17.1 Å². The summed E-state index contributed by atoms with van der Waals surface area (Å²) in [6, 6.07) is 0. The van der Waals surface area contributed by atoms with Crippen molar-refractivity contribution < 1.29 is 9.90 Å². The van der Waals surface area contributed by atoms with Crippen LogP contribution in [0.5, 0.6) is 0 Å². The molecule has 1 saturated carbocycles. The summed E-state index contributed by atoms with van der Waals surface area (Å²) in [7, 11) is 0. The first kappa shape index (κ1) is 10.8. The Morgan fingerprint density at radius 2 is 2.27 bits per heavy atom. The van der Waals surface area contributed by atoms with Gasteiger partial charge in [-0.05, 0) is 19.8 Å². The number of aryl methyl sites for hydroxylation is 1. The predicted molar refractivity (Wildman–Crippen MR) is 59.3 cm³/mol. The highest BCUT2D eigenvalue weighted by atomic mass is 32.1. The molecule has 0 bridgehead atoms. The highest BCUT2D eigenvalue weighted by Crippen LogP contribution is 2.48. The molecule has 0 radical (unpaired) electrons. The molecule has 0 atom stereocenters. The number of Topliss-reactive ketones (excluding diaryl/α,β-unsaturated/α-hetero) is 1. The minimum absolute atomic E-state index is 0.119. The number of hydrogen-bond donors (Lipinski definition) is 1. The zero-order valence-electron chi connectivity index (χ0n) is 9.04. The summed E-state index contributed by atoms with van der Waals surface area (Å²) in [6.45, 7) is 4.01. The van der Waals surface area contributed by atoms with Crippen LogP contribution in [0.2, 0.25) is 0 Å². The summed E-state index contributed by atoms with van der Waals surface area (Å²) >= 11 is 1.44. The number of rotatable bonds is 4. The van der Waals surface area contributed by atoms with Crippen LogP contribution in [-0.4, -0.2) is 22.5 Å². The highest BCUT2D eigenvalue weighted by Gasteiger charge is 2.46. The van der Waals surface area contributed by atoms with Gasteiger partial charge in [-0.3, -0.25) is 4.79 Å². The van der Waals surface area contributed by atoms with Crippen molar-refractivity contribution in [1.29, 1.82) is 0 Å². The van der Waals surface area contributed by atoms with E-state index >= 15 is 0 Å². The van der Waals surface area contributed by atoms with Crippen LogP contribution in [0.4, 0.5) is 0 Å². The molecule has 1 aliphatic rings. The monoisotopic (exact) mass is 225 g/mol. The van der Waals surface area contributed by atoms with Gasteiger partial charge in [0.15, 0.2) is 10.8 Å². The lowest BCUT2D eigenvalue weighted by Crippen LogP contribution is -2.11. The number of hydrogen-bond acceptors (Lipinski definition) is 4. The fourth-order valence-corrected chi connectivity index (χ4v) is 2.67. The second kappa shape index (κ2) is 3.68. The van der Waals surface area contributed by atoms with Gasteiger partial charge in [0.05, 0.1) is 5.69 Å². The number of aliphatic hydroxyl groups is 1. The number of nitrogens with zero attached hydrogens (tertiary/aromatic N) is 1. The average Bonchev–Trinajstić information content (AvgIpc) is 2.84. The van der Waals surface area contributed by atoms with Crippen LogP contribution < -0.4 is 0 Å². The molecule has 1 N–H and O–H groups in total. The molecule has 4 heteroatoms. The van der Waals surface area contributed by atoms with Gasteiger partial charge in [-0.25, -0.2) is 4.98 Å². The summed E-state index contributed by atoms with van der Waals surface area (Å²) in [5, 5.41) is 9.48. The zero-order valence-corrected chi connectivity index (χ0v) is 9.86. The van der Waals surface area contributed by atoms with Crippen LogP contribution in [-0.2, 0) is 6.42 Å². The molecule has 0 spiro atoms. The van der Waals surface area contributed by atoms with E-state index in [9.17, 15) is 4.79 Å². The van der Waals surface area contributed by atoms with E-state index in [0.29, 0.717) is 11.4 Å². The molecule has 0 aromatic carbocycles. The molecule has 0 aliphatic heterocycles. The predicted octanol–water partition coefficient (Wildman–Crippen LogP) is 1.97. The fraction of sp³-hybridized carbons (Fsp3) is 0.636. The van der Waals surface area contributed by atoms with Gasteiger partial charge in [0.2, 0.25) is 0 Å². The topological polar surface area (TPSA) is 50.2 Å². The van der Waals surface area contributed by atoms with Gasteiger partial charge in [-0.2, -0.15) is 0 Å². The first-order chi connectivity index (χ1) is 7.07. The van der Waals surface area contributed by atoms with E-state index in [1.807, 2.05) is 13.8 Å². The average molecular weight is 225 g/mol. The van der Waals surface area contributed by atoms with E-state index in [1.165, 1.54) is 11.3 Å². The Labute approximate surface area is 93.2 Å². The van der Waals surface area contributed by atoms with Gasteiger partial charge in [0.25, 0.3) is 0 Å². The van der Waals surface area contributed by atoms with Gasteiger partial charge >= 0.3 is 0 Å². The Morgan fingerprint density at radius 3 is 2.80 bits per heavy atom. The van der Waals surface area contributed by atoms with E-state index in [-0.39, 0.29) is 17.8 Å². The van der Waals surface area contributed by atoms with E-state index < -0.39 is 0 Å². The van der Waals surface area contributed by atoms with E-state index in [4.69, 9.17) is 5.11 Å². The minimum Gasteiger partial charge on any atom is -0.396 e. The molecule has 1 fully saturated rings. The maximum atomic E-state index is 12.0. The smallest absolute Gasteiger partial charge is 0.197 e. The van der Waals surface area contributed by atoms with Crippen molar-refractivity contribution in [2.75, 3.05) is 6.61 Å². The number of aromatic nitrogens is 1. The van der Waals surface area contributed by atoms with Gasteiger partial charge in [-0.15, -0.1) is 11.3 Å². The third kappa shape index (κ3) is 1.96. The largest absolute Gasteiger partial charge is 0.396 e. The molecule has 1 aromatic rings. The van der Waals surface area contributed by atoms with Crippen molar-refractivity contribution in [3.8, 4) is 0 Å². The highest BCUT2D eigenvalue weighted by molar-refractivity contribution is 7.13. The molecule has 0 unspecified atom stereocenters. The Kier molecular flexibility index (Phi) is 2.64. The van der Waals surface area contributed by atoms with Crippen molar-refractivity contribution in [1.82, 2.24) is 4.98 Å². The molecule has 3 nitrogen and oxygen atoms in total. The molecule has 0 saturated heterocycles. The van der Waals surface area contributed by atoms with Gasteiger partial charge in [0, 0.05) is 23.3 Å². The first-order valence-electron chi connectivity index (χ1n) is 5.19. The molecule has 82 valence electrons. The molecular formula is C11H15NO2S. The summed E-state index contributed by atoms with van der Waals surface area (Å²) in [6.07, 6.45) is 2.58. The molecule has 1 heterocycles. The van der Waals surface area contributed by atoms with Crippen LogP contribution in [0.25, 0.3) is 0 Å². The Morgan fingerprint density at radius 1 is 1.60 bits per heavy atom. The zero-order chi connectivity index (χ0) is 11.1. The van der Waals surface area contributed by atoms with Gasteiger partial charge in [-0.1, -0.05) is 6.92 Å². The molecule has 1 aromatic heterocycles. The van der Waals surface area contributed by atoms with Crippen LogP contribution in [0, 0.1) is 12.3 Å².